The minimum atomic E-state index is 0.697. The molecule has 3 aromatic rings. The fourth-order valence-corrected chi connectivity index (χ4v) is 5.96. The van der Waals surface area contributed by atoms with Gasteiger partial charge in [-0.05, 0) is 52.4 Å². The van der Waals surface area contributed by atoms with E-state index in [9.17, 15) is 0 Å². The number of aromatic nitrogens is 2. The largest absolute Gasteiger partial charge is 0.490 e. The zero-order valence-corrected chi connectivity index (χ0v) is 23.3. The quantitative estimate of drug-likeness (QED) is 0.156. The van der Waals surface area contributed by atoms with Gasteiger partial charge in [0.2, 0.25) is 0 Å². The van der Waals surface area contributed by atoms with Crippen LogP contribution in [0.3, 0.4) is 0 Å². The van der Waals surface area contributed by atoms with Gasteiger partial charge in [-0.15, -0.1) is 16.4 Å². The van der Waals surface area contributed by atoms with Crippen LogP contribution in [-0.2, 0) is 0 Å². The van der Waals surface area contributed by atoms with Crippen LogP contribution < -0.4 is 9.47 Å². The van der Waals surface area contributed by atoms with Gasteiger partial charge in [0.25, 0.3) is 0 Å². The van der Waals surface area contributed by atoms with Gasteiger partial charge < -0.3 is 9.47 Å². The summed E-state index contributed by atoms with van der Waals surface area (Å²) in [5.74, 6) is 1.65. The van der Waals surface area contributed by atoms with Crippen LogP contribution in [0.15, 0.2) is 22.0 Å². The van der Waals surface area contributed by atoms with Gasteiger partial charge in [-0.25, -0.2) is 0 Å². The highest BCUT2D eigenvalue weighted by Gasteiger charge is 2.22. The maximum atomic E-state index is 6.43. The van der Waals surface area contributed by atoms with Crippen LogP contribution in [-0.4, -0.2) is 22.8 Å². The van der Waals surface area contributed by atoms with Crippen LogP contribution in [0.2, 0.25) is 0 Å². The molecule has 0 unspecified atom stereocenters. The Morgan fingerprint density at radius 3 is 2.09 bits per heavy atom. The second kappa shape index (κ2) is 14.9. The van der Waals surface area contributed by atoms with Crippen molar-refractivity contribution in [2.45, 2.75) is 90.9 Å². The predicted octanol–water partition coefficient (Wildman–Crippen LogP) is 9.66. The van der Waals surface area contributed by atoms with E-state index in [0.29, 0.717) is 13.2 Å². The Morgan fingerprint density at radius 1 is 0.818 bits per heavy atom. The Morgan fingerprint density at radius 2 is 1.45 bits per heavy atom. The van der Waals surface area contributed by atoms with Crippen molar-refractivity contribution in [2.75, 3.05) is 13.2 Å². The third-order valence-corrected chi connectivity index (χ3v) is 8.09. The molecule has 7 heteroatoms. The Labute approximate surface area is 215 Å². The van der Waals surface area contributed by atoms with Gasteiger partial charge in [0.05, 0.1) is 27.3 Å². The second-order valence-electron chi connectivity index (χ2n) is 8.53. The molecule has 0 spiro atoms. The van der Waals surface area contributed by atoms with Crippen molar-refractivity contribution >= 4 is 49.0 Å². The van der Waals surface area contributed by atoms with Crippen LogP contribution in [0.1, 0.15) is 90.9 Å². The Balaban J connectivity index is 1.74. The van der Waals surface area contributed by atoms with Crippen molar-refractivity contribution in [1.29, 1.82) is 0 Å². The summed E-state index contributed by atoms with van der Waals surface area (Å²) >= 11 is 6.72. The first-order chi connectivity index (χ1) is 16.2. The maximum absolute atomic E-state index is 6.43. The van der Waals surface area contributed by atoms with Gasteiger partial charge in [0, 0.05) is 10.9 Å². The van der Waals surface area contributed by atoms with E-state index >= 15 is 0 Å². The van der Waals surface area contributed by atoms with Gasteiger partial charge in [0.15, 0.2) is 11.5 Å². The highest BCUT2D eigenvalue weighted by atomic mass is 79.9. The molecule has 2 aromatic heterocycles. The molecule has 0 amide bonds. The zero-order chi connectivity index (χ0) is 23.3. The number of rotatable bonds is 17. The van der Waals surface area contributed by atoms with Gasteiger partial charge in [-0.3, -0.25) is 0 Å². The second-order valence-corrected chi connectivity index (χ2v) is 11.8. The van der Waals surface area contributed by atoms with E-state index in [0.717, 1.165) is 48.8 Å². The van der Waals surface area contributed by atoms with Gasteiger partial charge in [-0.2, -0.15) is 0 Å². The molecule has 0 aliphatic heterocycles. The number of unbranched alkanes of at least 4 members (excludes halogenated alkanes) is 10. The lowest BCUT2D eigenvalue weighted by Crippen LogP contribution is -2.04. The summed E-state index contributed by atoms with van der Waals surface area (Å²) in [4.78, 5) is 1.13. The average Bonchev–Trinajstić information content (AvgIpc) is 3.46. The first-order valence-corrected chi connectivity index (χ1v) is 14.9. The van der Waals surface area contributed by atoms with Crippen LogP contribution in [0.25, 0.3) is 20.7 Å². The van der Waals surface area contributed by atoms with Crippen molar-refractivity contribution in [3.63, 3.8) is 0 Å². The van der Waals surface area contributed by atoms with Crippen LogP contribution in [0.5, 0.6) is 11.5 Å². The molecule has 0 aliphatic carbocycles. The van der Waals surface area contributed by atoms with Gasteiger partial charge >= 0.3 is 0 Å². The highest BCUT2D eigenvalue weighted by Crippen LogP contribution is 2.47. The number of benzene rings is 1. The zero-order valence-electron chi connectivity index (χ0n) is 20.0. The summed E-state index contributed by atoms with van der Waals surface area (Å²) in [5, 5.41) is 4.45. The van der Waals surface area contributed by atoms with E-state index in [-0.39, 0.29) is 0 Å². The molecule has 182 valence electrons. The molecule has 2 heterocycles. The molecular weight excluding hydrogens is 516 g/mol. The molecule has 33 heavy (non-hydrogen) atoms. The van der Waals surface area contributed by atoms with Gasteiger partial charge in [-0.1, -0.05) is 82.5 Å². The molecule has 3 rings (SSSR count). The maximum Gasteiger partial charge on any atom is 0.172 e. The lowest BCUT2D eigenvalue weighted by Gasteiger charge is -2.17. The topological polar surface area (TPSA) is 44.2 Å². The molecule has 0 fully saturated rings. The Hall–Kier alpha value is -1.18. The fourth-order valence-electron chi connectivity index (χ4n) is 3.93. The monoisotopic (exact) mass is 552 g/mol. The third kappa shape index (κ3) is 8.22. The van der Waals surface area contributed by atoms with Crippen molar-refractivity contribution < 1.29 is 9.47 Å². The van der Waals surface area contributed by atoms with E-state index in [2.05, 4.69) is 57.6 Å². The van der Waals surface area contributed by atoms with Crippen LogP contribution in [0, 0.1) is 0 Å². The normalized spacial score (nSPS) is 11.4. The number of nitrogens with zero attached hydrogens (tertiary/aromatic N) is 2. The van der Waals surface area contributed by atoms with E-state index in [1.165, 1.54) is 75.7 Å². The third-order valence-electron chi connectivity index (χ3n) is 5.78. The molecule has 0 atom stereocenters. The summed E-state index contributed by atoms with van der Waals surface area (Å²) in [7, 11) is 0. The summed E-state index contributed by atoms with van der Waals surface area (Å²) < 4.78 is 19.1. The van der Waals surface area contributed by atoms with Crippen molar-refractivity contribution in [3.05, 3.63) is 22.0 Å². The molecule has 0 N–H and O–H groups in total. The molecular formula is C26H37BrN2O2S2. The summed E-state index contributed by atoms with van der Waals surface area (Å²) in [6, 6.07) is 6.27. The first-order valence-electron chi connectivity index (χ1n) is 12.5. The summed E-state index contributed by atoms with van der Waals surface area (Å²) in [6.07, 6.45) is 14.9. The highest BCUT2D eigenvalue weighted by molar-refractivity contribution is 9.11. The first kappa shape index (κ1) is 26.4. The lowest BCUT2D eigenvalue weighted by atomic mass is 10.1. The average molecular weight is 554 g/mol. The Bertz CT molecular complexity index is 957. The number of thiophene rings is 1. The van der Waals surface area contributed by atoms with E-state index in [4.69, 9.17) is 9.47 Å². The number of hydrogen-bond donors (Lipinski definition) is 0. The van der Waals surface area contributed by atoms with Gasteiger partial charge in [0.1, 0.15) is 5.52 Å². The Kier molecular flexibility index (Phi) is 12.0. The smallest absolute Gasteiger partial charge is 0.172 e. The minimum absolute atomic E-state index is 0.697. The molecule has 0 aliphatic rings. The number of hydrogen-bond acceptors (Lipinski definition) is 6. The molecule has 0 radical (unpaired) electrons. The predicted molar refractivity (Wildman–Crippen MR) is 146 cm³/mol. The van der Waals surface area contributed by atoms with Crippen LogP contribution in [0.4, 0.5) is 0 Å². The molecule has 1 aromatic carbocycles. The van der Waals surface area contributed by atoms with E-state index < -0.39 is 0 Å². The standard InChI is InChI=1S/C26H37BrN2O2S2/c1-3-5-7-9-11-13-17-30-20-19-22-25(28-29-33-22)24(21-15-16-23(27)32-21)26(20)31-18-14-12-10-8-6-4-2/h15-16,19H,3-14,17-18H2,1-2H3. The number of ether oxygens (including phenoxy) is 2. The molecule has 4 nitrogen and oxygen atoms in total. The molecule has 0 saturated carbocycles. The van der Waals surface area contributed by atoms with E-state index in [1.54, 1.807) is 11.3 Å². The minimum Gasteiger partial charge on any atom is -0.490 e. The lowest BCUT2D eigenvalue weighted by molar-refractivity contribution is 0.260. The van der Waals surface area contributed by atoms with Crippen molar-refractivity contribution in [3.8, 4) is 21.9 Å². The molecule has 0 saturated heterocycles. The SMILES string of the molecule is CCCCCCCCOc1cc2snnc2c(-c2ccc(Br)s2)c1OCCCCCCCC. The van der Waals surface area contributed by atoms with Crippen molar-refractivity contribution in [1.82, 2.24) is 9.59 Å². The summed E-state index contributed by atoms with van der Waals surface area (Å²) in [6.45, 7) is 5.92. The summed E-state index contributed by atoms with van der Waals surface area (Å²) in [5.41, 5.74) is 1.92. The van der Waals surface area contributed by atoms with Crippen molar-refractivity contribution in [2.24, 2.45) is 0 Å². The number of fused-ring (bicyclic) bond motifs is 1. The molecule has 0 bridgehead atoms. The number of halogens is 1. The van der Waals surface area contributed by atoms with E-state index in [1.807, 2.05) is 0 Å². The van der Waals surface area contributed by atoms with Crippen LogP contribution >= 0.6 is 38.8 Å². The fraction of sp³-hybridized carbons (Fsp3) is 0.615.